The molecule has 1 aromatic rings. The van der Waals surface area contributed by atoms with Crippen LogP contribution >= 0.6 is 12.6 Å². The van der Waals surface area contributed by atoms with Crippen molar-refractivity contribution in [2.24, 2.45) is 0 Å². The smallest absolute Gasteiger partial charge is 0.153 e. The molecule has 0 saturated carbocycles. The third kappa shape index (κ3) is 2.55. The van der Waals surface area contributed by atoms with Gasteiger partial charge in [0.25, 0.3) is 0 Å². The molecule has 12 heavy (non-hydrogen) atoms. The molecular weight excluding hydrogens is 168 g/mol. The van der Waals surface area contributed by atoms with Crippen molar-refractivity contribution in [1.82, 2.24) is 0 Å². The molecule has 1 rings (SSSR count). The number of hydrogen-bond acceptors (Lipinski definition) is 2. The van der Waals surface area contributed by atoms with Crippen LogP contribution in [0.4, 0.5) is 0 Å². The van der Waals surface area contributed by atoms with Crippen LogP contribution in [0.25, 0.3) is 4.91 Å². The number of carbonyl (C=O) groups excluding carboxylic acids is 1. The van der Waals surface area contributed by atoms with Crippen LogP contribution < -0.4 is 0 Å². The summed E-state index contributed by atoms with van der Waals surface area (Å²) in [5.74, 6) is 0.0175. The summed E-state index contributed by atoms with van der Waals surface area (Å²) in [7, 11) is 0. The maximum Gasteiger partial charge on any atom is 0.153 e. The monoisotopic (exact) mass is 178 g/mol. The summed E-state index contributed by atoms with van der Waals surface area (Å²) < 4.78 is 0. The number of rotatable bonds is 2. The van der Waals surface area contributed by atoms with E-state index in [4.69, 9.17) is 0 Å². The van der Waals surface area contributed by atoms with Crippen molar-refractivity contribution >= 4 is 23.3 Å². The van der Waals surface area contributed by atoms with Crippen molar-refractivity contribution in [3.63, 3.8) is 0 Å². The van der Waals surface area contributed by atoms with E-state index in [0.717, 1.165) is 5.56 Å². The summed E-state index contributed by atoms with van der Waals surface area (Å²) >= 11 is 4.20. The standard InChI is InChI=1S/C10H10OS/c1-8(11)7-10(12)9-5-3-2-4-6-9/h2-7,12H,1H3/b10-7-. The lowest BCUT2D eigenvalue weighted by Gasteiger charge is -1.97. The molecule has 0 aliphatic heterocycles. The lowest BCUT2D eigenvalue weighted by atomic mass is 10.2. The Hall–Kier alpha value is -1.02. The van der Waals surface area contributed by atoms with Gasteiger partial charge >= 0.3 is 0 Å². The Kier molecular flexibility index (Phi) is 3.11. The van der Waals surface area contributed by atoms with Crippen molar-refractivity contribution in [1.29, 1.82) is 0 Å². The molecule has 0 bridgehead atoms. The van der Waals surface area contributed by atoms with E-state index in [1.807, 2.05) is 30.3 Å². The van der Waals surface area contributed by atoms with Gasteiger partial charge in [0.2, 0.25) is 0 Å². The fourth-order valence-electron chi connectivity index (χ4n) is 0.885. The number of benzene rings is 1. The molecule has 0 radical (unpaired) electrons. The van der Waals surface area contributed by atoms with Gasteiger partial charge in [0.15, 0.2) is 5.78 Å². The zero-order valence-corrected chi connectivity index (χ0v) is 7.71. The van der Waals surface area contributed by atoms with E-state index in [2.05, 4.69) is 12.6 Å². The summed E-state index contributed by atoms with van der Waals surface area (Å²) in [5.41, 5.74) is 0.969. The normalized spacial score (nSPS) is 11.3. The first-order valence-electron chi connectivity index (χ1n) is 3.67. The minimum atomic E-state index is 0.0175. The molecule has 0 heterocycles. The number of thiol groups is 1. The van der Waals surface area contributed by atoms with E-state index in [1.54, 1.807) is 0 Å². The first kappa shape index (κ1) is 9.07. The van der Waals surface area contributed by atoms with Gasteiger partial charge < -0.3 is 0 Å². The highest BCUT2D eigenvalue weighted by atomic mass is 32.1. The van der Waals surface area contributed by atoms with Crippen molar-refractivity contribution in [3.05, 3.63) is 42.0 Å². The van der Waals surface area contributed by atoms with Crippen LogP contribution in [0, 0.1) is 0 Å². The average Bonchev–Trinajstić information content (AvgIpc) is 2.05. The molecule has 0 aliphatic rings. The molecule has 0 amide bonds. The SMILES string of the molecule is CC(=O)/C=C(\S)c1ccccc1. The summed E-state index contributed by atoms with van der Waals surface area (Å²) in [6.45, 7) is 1.51. The predicted octanol–water partition coefficient (Wildman–Crippen LogP) is 2.55. The Morgan fingerprint density at radius 3 is 2.42 bits per heavy atom. The Labute approximate surface area is 77.5 Å². The van der Waals surface area contributed by atoms with Crippen LogP contribution in [0.15, 0.2) is 36.4 Å². The van der Waals surface area contributed by atoms with Gasteiger partial charge in [-0.15, -0.1) is 12.6 Å². The van der Waals surface area contributed by atoms with Gasteiger partial charge in [-0.1, -0.05) is 30.3 Å². The summed E-state index contributed by atoms with van der Waals surface area (Å²) in [5, 5.41) is 0. The maximum absolute atomic E-state index is 10.7. The van der Waals surface area contributed by atoms with Crippen LogP contribution in [-0.4, -0.2) is 5.78 Å². The van der Waals surface area contributed by atoms with Crippen LogP contribution in [-0.2, 0) is 4.79 Å². The highest BCUT2D eigenvalue weighted by Gasteiger charge is 1.95. The van der Waals surface area contributed by atoms with E-state index in [9.17, 15) is 4.79 Å². The molecule has 0 spiro atoms. The Morgan fingerprint density at radius 1 is 1.33 bits per heavy atom. The number of allylic oxidation sites excluding steroid dienone is 1. The minimum absolute atomic E-state index is 0.0175. The van der Waals surface area contributed by atoms with E-state index in [1.165, 1.54) is 13.0 Å². The summed E-state index contributed by atoms with van der Waals surface area (Å²) in [6.07, 6.45) is 1.51. The summed E-state index contributed by atoms with van der Waals surface area (Å²) in [4.78, 5) is 11.4. The molecule has 0 unspecified atom stereocenters. The number of carbonyl (C=O) groups is 1. The average molecular weight is 178 g/mol. The molecule has 62 valence electrons. The Morgan fingerprint density at radius 2 is 1.92 bits per heavy atom. The molecule has 2 heteroatoms. The van der Waals surface area contributed by atoms with Gasteiger partial charge in [0.05, 0.1) is 0 Å². The van der Waals surface area contributed by atoms with Crippen LogP contribution in [0.3, 0.4) is 0 Å². The molecule has 1 nitrogen and oxygen atoms in total. The van der Waals surface area contributed by atoms with Crippen LogP contribution in [0.5, 0.6) is 0 Å². The van der Waals surface area contributed by atoms with Crippen LogP contribution in [0.2, 0.25) is 0 Å². The van der Waals surface area contributed by atoms with Gasteiger partial charge in [0, 0.05) is 4.91 Å². The molecule has 0 aromatic heterocycles. The summed E-state index contributed by atoms with van der Waals surface area (Å²) in [6, 6.07) is 9.60. The van der Waals surface area contributed by atoms with E-state index in [-0.39, 0.29) is 5.78 Å². The van der Waals surface area contributed by atoms with Gasteiger partial charge in [-0.3, -0.25) is 4.79 Å². The molecule has 0 fully saturated rings. The topological polar surface area (TPSA) is 17.1 Å². The molecule has 1 aromatic carbocycles. The zero-order chi connectivity index (χ0) is 8.97. The second-order valence-electron chi connectivity index (χ2n) is 2.51. The Bertz CT molecular complexity index is 301. The number of hydrogen-bond donors (Lipinski definition) is 1. The molecule has 0 atom stereocenters. The van der Waals surface area contributed by atoms with Gasteiger partial charge in [-0.05, 0) is 18.6 Å². The van der Waals surface area contributed by atoms with Gasteiger partial charge in [-0.25, -0.2) is 0 Å². The van der Waals surface area contributed by atoms with E-state index >= 15 is 0 Å². The quantitative estimate of drug-likeness (QED) is 0.544. The maximum atomic E-state index is 10.7. The molecular formula is C10H10OS. The van der Waals surface area contributed by atoms with Crippen molar-refractivity contribution < 1.29 is 4.79 Å². The van der Waals surface area contributed by atoms with Gasteiger partial charge in [-0.2, -0.15) is 0 Å². The van der Waals surface area contributed by atoms with E-state index in [0.29, 0.717) is 4.91 Å². The first-order chi connectivity index (χ1) is 5.70. The second-order valence-corrected chi connectivity index (χ2v) is 2.99. The molecule has 0 aliphatic carbocycles. The zero-order valence-electron chi connectivity index (χ0n) is 6.82. The highest BCUT2D eigenvalue weighted by Crippen LogP contribution is 2.16. The molecule has 0 N–H and O–H groups in total. The fourth-order valence-corrected chi connectivity index (χ4v) is 1.22. The Balaban J connectivity index is 2.93. The largest absolute Gasteiger partial charge is 0.295 e. The lowest BCUT2D eigenvalue weighted by molar-refractivity contribution is -0.112. The van der Waals surface area contributed by atoms with Crippen molar-refractivity contribution in [3.8, 4) is 0 Å². The third-order valence-electron chi connectivity index (χ3n) is 1.41. The molecule has 0 saturated heterocycles. The predicted molar refractivity (Wildman–Crippen MR) is 54.1 cm³/mol. The van der Waals surface area contributed by atoms with Gasteiger partial charge in [0.1, 0.15) is 0 Å². The fraction of sp³-hybridized carbons (Fsp3) is 0.100. The number of ketones is 1. The lowest BCUT2D eigenvalue weighted by Crippen LogP contribution is -1.83. The first-order valence-corrected chi connectivity index (χ1v) is 4.11. The highest BCUT2D eigenvalue weighted by molar-refractivity contribution is 7.90. The van der Waals surface area contributed by atoms with Crippen LogP contribution in [0.1, 0.15) is 12.5 Å². The third-order valence-corrected chi connectivity index (χ3v) is 1.80. The van der Waals surface area contributed by atoms with Crippen molar-refractivity contribution in [2.75, 3.05) is 0 Å². The van der Waals surface area contributed by atoms with E-state index < -0.39 is 0 Å². The minimum Gasteiger partial charge on any atom is -0.295 e. The van der Waals surface area contributed by atoms with Crippen molar-refractivity contribution in [2.45, 2.75) is 6.92 Å². The second kappa shape index (κ2) is 4.12.